The summed E-state index contributed by atoms with van der Waals surface area (Å²) in [7, 11) is 0. The van der Waals surface area contributed by atoms with Gasteiger partial charge in [-0.05, 0) is 29.7 Å². The number of nitrogens with two attached hydrogens (primary N) is 1. The van der Waals surface area contributed by atoms with Crippen molar-refractivity contribution in [3.63, 3.8) is 0 Å². The number of hydrogen-bond donors (Lipinski definition) is 2. The molecule has 3 heteroatoms. The van der Waals surface area contributed by atoms with Crippen LogP contribution in [0.5, 0.6) is 0 Å². The fraction of sp³-hybridized carbons (Fsp3) is 0.125. The Balaban J connectivity index is 1.89. The Morgan fingerprint density at radius 3 is 2.44 bits per heavy atom. The van der Waals surface area contributed by atoms with Gasteiger partial charge in [-0.25, -0.2) is 4.98 Å². The van der Waals surface area contributed by atoms with E-state index in [4.69, 9.17) is 10.7 Å². The normalized spacial score (nSPS) is 13.8. The van der Waals surface area contributed by atoms with Crippen LogP contribution in [0.2, 0.25) is 0 Å². The zero-order valence-electron chi connectivity index (χ0n) is 15.4. The molecule has 2 aromatic carbocycles. The van der Waals surface area contributed by atoms with E-state index >= 15 is 0 Å². The van der Waals surface area contributed by atoms with Crippen LogP contribution in [0, 0.1) is 0 Å². The lowest BCUT2D eigenvalue weighted by Gasteiger charge is -2.19. The van der Waals surface area contributed by atoms with Gasteiger partial charge in [0.1, 0.15) is 0 Å². The molecular weight excluding hydrogens is 330 g/mol. The molecule has 0 fully saturated rings. The fourth-order valence-electron chi connectivity index (χ4n) is 3.38. The second kappa shape index (κ2) is 7.22. The molecule has 4 rings (SSSR count). The van der Waals surface area contributed by atoms with Crippen LogP contribution >= 0.6 is 0 Å². The standard InChI is InChI=1S/C24H23N3/c1-3-22(25)18-9-11-19(12-10-18)24-21(17-7-5-4-6-8-17)15-20-16(2)26-14-13-23(20)27-24/h4-15,22,26H,2-3,25H2,1H3/t22-/m1/s1. The van der Waals surface area contributed by atoms with Crippen molar-refractivity contribution in [1.29, 1.82) is 0 Å². The Morgan fingerprint density at radius 2 is 1.74 bits per heavy atom. The minimum atomic E-state index is 0.0708. The second-order valence-electron chi connectivity index (χ2n) is 6.78. The van der Waals surface area contributed by atoms with E-state index < -0.39 is 0 Å². The lowest BCUT2D eigenvalue weighted by molar-refractivity contribution is 0.699. The first-order valence-electron chi connectivity index (χ1n) is 9.26. The first-order valence-corrected chi connectivity index (χ1v) is 9.26. The molecule has 134 valence electrons. The first-order chi connectivity index (χ1) is 13.2. The largest absolute Gasteiger partial charge is 0.362 e. The molecule has 3 nitrogen and oxygen atoms in total. The number of nitrogens with zero attached hydrogens (tertiary/aromatic N) is 1. The summed E-state index contributed by atoms with van der Waals surface area (Å²) in [5.74, 6) is 0. The maximum absolute atomic E-state index is 6.17. The predicted octanol–water partition coefficient (Wildman–Crippen LogP) is 5.37. The van der Waals surface area contributed by atoms with Gasteiger partial charge in [0, 0.05) is 34.6 Å². The Bertz CT molecular complexity index is 1000. The number of rotatable bonds is 4. The number of benzene rings is 2. The van der Waals surface area contributed by atoms with Crippen LogP contribution in [0.25, 0.3) is 34.2 Å². The van der Waals surface area contributed by atoms with Crippen molar-refractivity contribution in [3.8, 4) is 22.4 Å². The van der Waals surface area contributed by atoms with E-state index in [0.717, 1.165) is 51.3 Å². The highest BCUT2D eigenvalue weighted by Gasteiger charge is 2.17. The molecule has 1 aromatic heterocycles. The molecule has 0 radical (unpaired) electrons. The van der Waals surface area contributed by atoms with Crippen molar-refractivity contribution < 1.29 is 0 Å². The highest BCUT2D eigenvalue weighted by atomic mass is 14.9. The Hall–Kier alpha value is -3.17. The second-order valence-corrected chi connectivity index (χ2v) is 6.78. The molecule has 1 aliphatic heterocycles. The maximum atomic E-state index is 6.17. The van der Waals surface area contributed by atoms with Gasteiger partial charge in [0.15, 0.2) is 0 Å². The summed E-state index contributed by atoms with van der Waals surface area (Å²) in [6.45, 7) is 6.22. The van der Waals surface area contributed by atoms with E-state index in [1.54, 1.807) is 0 Å². The Labute approximate surface area is 160 Å². The smallest absolute Gasteiger partial charge is 0.0788 e. The van der Waals surface area contributed by atoms with Gasteiger partial charge in [0.05, 0.1) is 11.4 Å². The summed E-state index contributed by atoms with van der Waals surface area (Å²) in [4.78, 5) is 4.99. The van der Waals surface area contributed by atoms with Crippen LogP contribution in [0.3, 0.4) is 0 Å². The van der Waals surface area contributed by atoms with E-state index in [-0.39, 0.29) is 6.04 Å². The van der Waals surface area contributed by atoms with Crippen LogP contribution in [0.1, 0.15) is 36.2 Å². The monoisotopic (exact) mass is 353 g/mol. The molecule has 0 unspecified atom stereocenters. The summed E-state index contributed by atoms with van der Waals surface area (Å²) in [5.41, 5.74) is 14.4. The van der Waals surface area contributed by atoms with E-state index in [1.165, 1.54) is 0 Å². The lowest BCUT2D eigenvalue weighted by Crippen LogP contribution is -2.10. The van der Waals surface area contributed by atoms with Crippen molar-refractivity contribution in [2.24, 2.45) is 5.73 Å². The van der Waals surface area contributed by atoms with E-state index in [0.29, 0.717) is 0 Å². The molecule has 3 aromatic rings. The summed E-state index contributed by atoms with van der Waals surface area (Å²) in [6.07, 6.45) is 4.79. The van der Waals surface area contributed by atoms with Gasteiger partial charge in [0.2, 0.25) is 0 Å². The summed E-state index contributed by atoms with van der Waals surface area (Å²) in [6, 6.07) is 21.1. The molecule has 1 aliphatic rings. The summed E-state index contributed by atoms with van der Waals surface area (Å²) >= 11 is 0. The molecule has 3 N–H and O–H groups in total. The fourth-order valence-corrected chi connectivity index (χ4v) is 3.38. The lowest BCUT2D eigenvalue weighted by atomic mass is 9.94. The SMILES string of the molecule is C=C1NC=Cc2nc(-c3ccc([C@H](N)CC)cc3)c(-c3ccccc3)cc21. The summed E-state index contributed by atoms with van der Waals surface area (Å²) < 4.78 is 0. The predicted molar refractivity (Wildman–Crippen MR) is 114 cm³/mol. The van der Waals surface area contributed by atoms with Gasteiger partial charge < -0.3 is 11.1 Å². The van der Waals surface area contributed by atoms with Gasteiger partial charge in [-0.15, -0.1) is 0 Å². The number of nitrogens with one attached hydrogen (secondary N) is 1. The first kappa shape index (κ1) is 17.3. The minimum absolute atomic E-state index is 0.0708. The molecule has 0 spiro atoms. The minimum Gasteiger partial charge on any atom is -0.362 e. The molecule has 0 saturated carbocycles. The highest BCUT2D eigenvalue weighted by Crippen LogP contribution is 2.35. The van der Waals surface area contributed by atoms with Crippen LogP contribution < -0.4 is 11.1 Å². The van der Waals surface area contributed by atoms with Gasteiger partial charge in [-0.3, -0.25) is 0 Å². The molecule has 0 aliphatic carbocycles. The van der Waals surface area contributed by atoms with Gasteiger partial charge >= 0.3 is 0 Å². The van der Waals surface area contributed by atoms with Crippen LogP contribution in [0.15, 0.2) is 73.4 Å². The number of aromatic nitrogens is 1. The molecule has 27 heavy (non-hydrogen) atoms. The van der Waals surface area contributed by atoms with E-state index in [2.05, 4.69) is 73.4 Å². The highest BCUT2D eigenvalue weighted by molar-refractivity contribution is 5.86. The van der Waals surface area contributed by atoms with Crippen LogP contribution in [0.4, 0.5) is 0 Å². The van der Waals surface area contributed by atoms with Crippen molar-refractivity contribution >= 4 is 11.8 Å². The third-order valence-corrected chi connectivity index (χ3v) is 5.01. The third-order valence-electron chi connectivity index (χ3n) is 5.01. The average Bonchev–Trinajstić information content (AvgIpc) is 2.73. The summed E-state index contributed by atoms with van der Waals surface area (Å²) in [5, 5.41) is 3.17. The van der Waals surface area contributed by atoms with E-state index in [9.17, 15) is 0 Å². The average molecular weight is 353 g/mol. The number of hydrogen-bond acceptors (Lipinski definition) is 3. The maximum Gasteiger partial charge on any atom is 0.0788 e. The molecule has 1 atom stereocenters. The van der Waals surface area contributed by atoms with Gasteiger partial charge in [-0.2, -0.15) is 0 Å². The van der Waals surface area contributed by atoms with Crippen LogP contribution in [-0.4, -0.2) is 4.98 Å². The Morgan fingerprint density at radius 1 is 1.00 bits per heavy atom. The molecular formula is C24H23N3. The molecule has 2 heterocycles. The molecule has 0 amide bonds. The van der Waals surface area contributed by atoms with E-state index in [1.807, 2.05) is 18.3 Å². The van der Waals surface area contributed by atoms with Crippen molar-refractivity contribution in [1.82, 2.24) is 10.3 Å². The zero-order chi connectivity index (χ0) is 18.8. The van der Waals surface area contributed by atoms with Gasteiger partial charge in [0.25, 0.3) is 0 Å². The van der Waals surface area contributed by atoms with Crippen molar-refractivity contribution in [2.45, 2.75) is 19.4 Å². The Kier molecular flexibility index (Phi) is 4.61. The topological polar surface area (TPSA) is 50.9 Å². The zero-order valence-corrected chi connectivity index (χ0v) is 15.4. The van der Waals surface area contributed by atoms with Crippen molar-refractivity contribution in [3.05, 3.63) is 90.3 Å². The number of pyridine rings is 1. The third kappa shape index (κ3) is 3.29. The van der Waals surface area contributed by atoms with Crippen LogP contribution in [-0.2, 0) is 0 Å². The number of fused-ring (bicyclic) bond motifs is 1. The molecule has 0 bridgehead atoms. The van der Waals surface area contributed by atoms with Crippen molar-refractivity contribution in [2.75, 3.05) is 0 Å². The quantitative estimate of drug-likeness (QED) is 0.663. The molecule has 0 saturated heterocycles. The van der Waals surface area contributed by atoms with Gasteiger partial charge in [-0.1, -0.05) is 68.1 Å².